The number of ether oxygens (including phenoxy) is 1. The fraction of sp³-hybridized carbons (Fsp3) is 0.538. The van der Waals surface area contributed by atoms with Gasteiger partial charge in [-0.15, -0.1) is 0 Å². The number of nitrogens with two attached hydrogens (primary N) is 1. The predicted octanol–water partition coefficient (Wildman–Crippen LogP) is 2.95. The summed E-state index contributed by atoms with van der Waals surface area (Å²) in [5.41, 5.74) is 7.26. The van der Waals surface area contributed by atoms with E-state index in [1.54, 1.807) is 0 Å². The number of halogens is 1. The molecule has 0 bridgehead atoms. The van der Waals surface area contributed by atoms with Crippen molar-refractivity contribution in [2.45, 2.75) is 39.3 Å². The van der Waals surface area contributed by atoms with Crippen molar-refractivity contribution < 1.29 is 9.13 Å². The van der Waals surface area contributed by atoms with Crippen LogP contribution in [0.5, 0.6) is 0 Å². The molecule has 1 rings (SSSR count). The SMILES string of the molecule is CCOC(C)(C)C(N)c1cc(C)cc(F)c1. The zero-order valence-corrected chi connectivity index (χ0v) is 10.4. The Hall–Kier alpha value is -0.930. The maximum Gasteiger partial charge on any atom is 0.123 e. The molecule has 0 aliphatic rings. The lowest BCUT2D eigenvalue weighted by molar-refractivity contribution is -0.0298. The molecule has 0 aliphatic carbocycles. The number of hydrogen-bond acceptors (Lipinski definition) is 2. The molecule has 1 atom stereocenters. The van der Waals surface area contributed by atoms with Crippen molar-refractivity contribution in [2.24, 2.45) is 5.73 Å². The minimum Gasteiger partial charge on any atom is -0.374 e. The second-order valence-corrected chi connectivity index (χ2v) is 4.58. The Kier molecular flexibility index (Phi) is 4.05. The van der Waals surface area contributed by atoms with Gasteiger partial charge in [0.05, 0.1) is 11.6 Å². The minimum absolute atomic E-state index is 0.252. The Morgan fingerprint density at radius 1 is 1.38 bits per heavy atom. The predicted molar refractivity (Wildman–Crippen MR) is 63.8 cm³/mol. The summed E-state index contributed by atoms with van der Waals surface area (Å²) in [6.07, 6.45) is 0. The monoisotopic (exact) mass is 225 g/mol. The molecule has 0 amide bonds. The summed E-state index contributed by atoms with van der Waals surface area (Å²) in [7, 11) is 0. The molecule has 0 radical (unpaired) electrons. The average Bonchev–Trinajstić information content (AvgIpc) is 2.14. The van der Waals surface area contributed by atoms with E-state index in [9.17, 15) is 4.39 Å². The van der Waals surface area contributed by atoms with Gasteiger partial charge in [0.15, 0.2) is 0 Å². The van der Waals surface area contributed by atoms with Gasteiger partial charge in [-0.25, -0.2) is 4.39 Å². The standard InChI is InChI=1S/C13H20FNO/c1-5-16-13(3,4)12(15)10-6-9(2)7-11(14)8-10/h6-8,12H,5,15H2,1-4H3. The first-order valence-electron chi connectivity index (χ1n) is 5.53. The Balaban J connectivity index is 2.99. The third-order valence-electron chi connectivity index (χ3n) is 2.69. The number of aryl methyl sites for hydroxylation is 1. The second kappa shape index (κ2) is 4.93. The van der Waals surface area contributed by atoms with Crippen LogP contribution in [0.4, 0.5) is 4.39 Å². The third-order valence-corrected chi connectivity index (χ3v) is 2.69. The normalized spacial score (nSPS) is 13.9. The first-order chi connectivity index (χ1) is 7.36. The highest BCUT2D eigenvalue weighted by atomic mass is 19.1. The molecular formula is C13H20FNO. The average molecular weight is 225 g/mol. The lowest BCUT2D eigenvalue weighted by Gasteiger charge is -2.31. The fourth-order valence-electron chi connectivity index (χ4n) is 1.81. The van der Waals surface area contributed by atoms with E-state index in [2.05, 4.69) is 0 Å². The van der Waals surface area contributed by atoms with Crippen molar-refractivity contribution >= 4 is 0 Å². The molecule has 1 unspecified atom stereocenters. The van der Waals surface area contributed by atoms with Gasteiger partial charge in [0, 0.05) is 6.61 Å². The third kappa shape index (κ3) is 3.03. The van der Waals surface area contributed by atoms with Crippen molar-refractivity contribution in [3.05, 3.63) is 35.1 Å². The summed E-state index contributed by atoms with van der Waals surface area (Å²) in [6.45, 7) is 8.20. The van der Waals surface area contributed by atoms with Gasteiger partial charge in [-0.2, -0.15) is 0 Å². The molecule has 0 saturated heterocycles. The van der Waals surface area contributed by atoms with Gasteiger partial charge in [-0.3, -0.25) is 0 Å². The highest BCUT2D eigenvalue weighted by Gasteiger charge is 2.28. The largest absolute Gasteiger partial charge is 0.374 e. The van der Waals surface area contributed by atoms with Gasteiger partial charge in [-0.1, -0.05) is 6.07 Å². The second-order valence-electron chi connectivity index (χ2n) is 4.58. The molecule has 1 aromatic carbocycles. The summed E-state index contributed by atoms with van der Waals surface area (Å²) in [6, 6.07) is 4.53. The molecule has 0 saturated carbocycles. The Morgan fingerprint density at radius 2 is 2.00 bits per heavy atom. The van der Waals surface area contributed by atoms with Crippen LogP contribution in [-0.2, 0) is 4.74 Å². The van der Waals surface area contributed by atoms with E-state index in [1.165, 1.54) is 12.1 Å². The molecule has 0 fully saturated rings. The molecule has 2 N–H and O–H groups in total. The van der Waals surface area contributed by atoms with E-state index in [0.717, 1.165) is 11.1 Å². The Labute approximate surface area is 96.6 Å². The van der Waals surface area contributed by atoms with Gasteiger partial charge >= 0.3 is 0 Å². The summed E-state index contributed by atoms with van der Waals surface area (Å²) in [4.78, 5) is 0. The summed E-state index contributed by atoms with van der Waals surface area (Å²) >= 11 is 0. The van der Waals surface area contributed by atoms with E-state index < -0.39 is 5.60 Å². The maximum absolute atomic E-state index is 13.3. The highest BCUT2D eigenvalue weighted by Crippen LogP contribution is 2.27. The quantitative estimate of drug-likeness (QED) is 0.855. The molecule has 2 nitrogen and oxygen atoms in total. The molecule has 0 aromatic heterocycles. The van der Waals surface area contributed by atoms with Crippen LogP contribution < -0.4 is 5.73 Å². The first kappa shape index (κ1) is 13.1. The fourth-order valence-corrected chi connectivity index (χ4v) is 1.81. The van der Waals surface area contributed by atoms with Crippen LogP contribution in [0.3, 0.4) is 0 Å². The van der Waals surface area contributed by atoms with Crippen LogP contribution in [0.25, 0.3) is 0 Å². The van der Waals surface area contributed by atoms with Gasteiger partial charge in [0.25, 0.3) is 0 Å². The van der Waals surface area contributed by atoms with Crippen molar-refractivity contribution in [2.75, 3.05) is 6.61 Å². The van der Waals surface area contributed by atoms with E-state index in [1.807, 2.05) is 33.8 Å². The molecule has 90 valence electrons. The summed E-state index contributed by atoms with van der Waals surface area (Å²) < 4.78 is 18.8. The zero-order chi connectivity index (χ0) is 12.3. The zero-order valence-electron chi connectivity index (χ0n) is 10.4. The van der Waals surface area contributed by atoms with Crippen molar-refractivity contribution in [3.8, 4) is 0 Å². The number of hydrogen-bond donors (Lipinski definition) is 1. The molecular weight excluding hydrogens is 205 g/mol. The number of rotatable bonds is 4. The van der Waals surface area contributed by atoms with Gasteiger partial charge in [0.1, 0.15) is 5.82 Å². The van der Waals surface area contributed by atoms with E-state index in [4.69, 9.17) is 10.5 Å². The summed E-state index contributed by atoms with van der Waals surface area (Å²) in [5, 5.41) is 0. The molecule has 0 spiro atoms. The Bertz CT molecular complexity index is 343. The van der Waals surface area contributed by atoms with Crippen LogP contribution in [0.1, 0.15) is 37.9 Å². The molecule has 3 heteroatoms. The van der Waals surface area contributed by atoms with E-state index in [0.29, 0.717) is 6.61 Å². The van der Waals surface area contributed by atoms with Crippen LogP contribution in [0.15, 0.2) is 18.2 Å². The van der Waals surface area contributed by atoms with Crippen LogP contribution >= 0.6 is 0 Å². The Morgan fingerprint density at radius 3 is 2.50 bits per heavy atom. The summed E-state index contributed by atoms with van der Waals surface area (Å²) in [5.74, 6) is -0.252. The topological polar surface area (TPSA) is 35.2 Å². The molecule has 16 heavy (non-hydrogen) atoms. The lowest BCUT2D eigenvalue weighted by atomic mass is 9.91. The van der Waals surface area contributed by atoms with Gasteiger partial charge in [-0.05, 0) is 51.0 Å². The van der Waals surface area contributed by atoms with Gasteiger partial charge in [0.2, 0.25) is 0 Å². The van der Waals surface area contributed by atoms with Crippen molar-refractivity contribution in [1.29, 1.82) is 0 Å². The van der Waals surface area contributed by atoms with Gasteiger partial charge < -0.3 is 10.5 Å². The lowest BCUT2D eigenvalue weighted by Crippen LogP contribution is -2.38. The van der Waals surface area contributed by atoms with Crippen LogP contribution in [0, 0.1) is 12.7 Å². The smallest absolute Gasteiger partial charge is 0.123 e. The first-order valence-corrected chi connectivity index (χ1v) is 5.53. The molecule has 0 heterocycles. The molecule has 1 aromatic rings. The van der Waals surface area contributed by atoms with E-state index >= 15 is 0 Å². The molecule has 0 aliphatic heterocycles. The van der Waals surface area contributed by atoms with E-state index in [-0.39, 0.29) is 11.9 Å². The van der Waals surface area contributed by atoms with Crippen molar-refractivity contribution in [3.63, 3.8) is 0 Å². The minimum atomic E-state index is -0.491. The van der Waals surface area contributed by atoms with Crippen LogP contribution in [-0.4, -0.2) is 12.2 Å². The maximum atomic E-state index is 13.3. The number of benzene rings is 1. The van der Waals surface area contributed by atoms with Crippen LogP contribution in [0.2, 0.25) is 0 Å². The van der Waals surface area contributed by atoms with Crippen molar-refractivity contribution in [1.82, 2.24) is 0 Å². The highest BCUT2D eigenvalue weighted by molar-refractivity contribution is 5.27.